The van der Waals surface area contributed by atoms with Crippen molar-refractivity contribution in [3.63, 3.8) is 0 Å². The second kappa shape index (κ2) is 10.0. The van der Waals surface area contributed by atoms with E-state index in [1.54, 1.807) is 4.90 Å². The van der Waals surface area contributed by atoms with E-state index in [1.807, 2.05) is 73.1 Å². The first-order chi connectivity index (χ1) is 16.6. The van der Waals surface area contributed by atoms with Crippen LogP contribution in [0.2, 0.25) is 0 Å². The Morgan fingerprint density at radius 3 is 2.50 bits per heavy atom. The van der Waals surface area contributed by atoms with Crippen molar-refractivity contribution in [2.75, 3.05) is 18.8 Å². The fraction of sp³-hybridized carbons (Fsp3) is 0.231. The number of likely N-dealkylation sites (tertiary alicyclic amines) is 1. The molecule has 8 heteroatoms. The van der Waals surface area contributed by atoms with Crippen LogP contribution in [0.5, 0.6) is 11.5 Å². The molecule has 1 saturated heterocycles. The molecule has 2 aromatic heterocycles. The maximum atomic E-state index is 11.9. The van der Waals surface area contributed by atoms with E-state index in [0.717, 1.165) is 17.7 Å². The number of fused-ring (bicyclic) bond motifs is 1. The molecule has 0 bridgehead atoms. The van der Waals surface area contributed by atoms with Crippen molar-refractivity contribution < 1.29 is 9.53 Å². The number of rotatable bonds is 4. The first-order valence-corrected chi connectivity index (χ1v) is 11.2. The molecular formula is C26H26N6O2. The summed E-state index contributed by atoms with van der Waals surface area (Å²) in [6, 6.07) is 17.2. The Bertz CT molecular complexity index is 1330. The Morgan fingerprint density at radius 1 is 1.09 bits per heavy atom. The molecule has 2 N–H and O–H groups in total. The number of carbonyl (C=O) groups is 1. The normalized spacial score (nSPS) is 14.9. The van der Waals surface area contributed by atoms with E-state index in [1.165, 1.54) is 6.33 Å². The van der Waals surface area contributed by atoms with Crippen LogP contribution in [-0.4, -0.2) is 43.6 Å². The smallest absolute Gasteiger partial charge is 0.298 e. The topological polar surface area (TPSA) is 99.2 Å². The maximum Gasteiger partial charge on any atom is 0.298 e. The number of para-hydroxylation sites is 1. The van der Waals surface area contributed by atoms with E-state index < -0.39 is 0 Å². The van der Waals surface area contributed by atoms with Gasteiger partial charge in [0.15, 0.2) is 5.65 Å². The maximum absolute atomic E-state index is 11.9. The van der Waals surface area contributed by atoms with Gasteiger partial charge in [0.2, 0.25) is 0 Å². The summed E-state index contributed by atoms with van der Waals surface area (Å²) in [6.45, 7) is 5.06. The van der Waals surface area contributed by atoms with Crippen LogP contribution in [0.1, 0.15) is 26.3 Å². The number of hydrogen-bond donors (Lipinski definition) is 1. The molecule has 0 radical (unpaired) electrons. The number of hydrogen-bond acceptors (Lipinski definition) is 6. The highest BCUT2D eigenvalue weighted by Crippen LogP contribution is 2.34. The lowest BCUT2D eigenvalue weighted by Crippen LogP contribution is -2.27. The van der Waals surface area contributed by atoms with Gasteiger partial charge in [-0.05, 0) is 48.7 Å². The third-order valence-electron chi connectivity index (χ3n) is 5.54. The molecule has 1 aliphatic heterocycles. The lowest BCUT2D eigenvalue weighted by molar-refractivity contribution is -0.124. The molecule has 1 atom stereocenters. The second-order valence-corrected chi connectivity index (χ2v) is 7.53. The summed E-state index contributed by atoms with van der Waals surface area (Å²) < 4.78 is 7.72. The van der Waals surface area contributed by atoms with Gasteiger partial charge in [-0.25, -0.2) is 14.6 Å². The van der Waals surface area contributed by atoms with Crippen molar-refractivity contribution in [3.8, 4) is 35.1 Å². The average molecular weight is 455 g/mol. The van der Waals surface area contributed by atoms with Gasteiger partial charge < -0.3 is 15.4 Å². The van der Waals surface area contributed by atoms with Crippen molar-refractivity contribution in [1.82, 2.24) is 24.6 Å². The highest BCUT2D eigenvalue weighted by atomic mass is 16.5. The number of nitrogens with two attached hydrogens (primary N) is 1. The van der Waals surface area contributed by atoms with Gasteiger partial charge in [-0.3, -0.25) is 4.79 Å². The fourth-order valence-electron chi connectivity index (χ4n) is 3.97. The van der Waals surface area contributed by atoms with Gasteiger partial charge in [0.25, 0.3) is 5.91 Å². The summed E-state index contributed by atoms with van der Waals surface area (Å²) >= 11 is 0. The van der Waals surface area contributed by atoms with Crippen molar-refractivity contribution in [2.45, 2.75) is 26.3 Å². The molecule has 3 heterocycles. The number of nitrogens with zero attached hydrogens (tertiary/aromatic N) is 5. The third kappa shape index (κ3) is 4.41. The number of terminal acetylenes is 1. The van der Waals surface area contributed by atoms with Gasteiger partial charge in [0.1, 0.15) is 29.3 Å². The van der Waals surface area contributed by atoms with Crippen LogP contribution >= 0.6 is 0 Å². The van der Waals surface area contributed by atoms with Gasteiger partial charge in [-0.1, -0.05) is 32.0 Å². The van der Waals surface area contributed by atoms with Crippen LogP contribution in [0.4, 0.5) is 5.82 Å². The molecule has 172 valence electrons. The predicted octanol–water partition coefficient (Wildman–Crippen LogP) is 4.30. The van der Waals surface area contributed by atoms with Crippen molar-refractivity contribution in [1.29, 1.82) is 0 Å². The fourth-order valence-corrected chi connectivity index (χ4v) is 3.97. The van der Waals surface area contributed by atoms with Gasteiger partial charge in [-0.15, -0.1) is 6.42 Å². The molecule has 1 aliphatic rings. The first-order valence-electron chi connectivity index (χ1n) is 11.2. The van der Waals surface area contributed by atoms with Gasteiger partial charge >= 0.3 is 0 Å². The van der Waals surface area contributed by atoms with Crippen LogP contribution in [0.25, 0.3) is 22.3 Å². The van der Waals surface area contributed by atoms with Crippen LogP contribution < -0.4 is 10.5 Å². The van der Waals surface area contributed by atoms with E-state index in [9.17, 15) is 4.79 Å². The molecular weight excluding hydrogens is 428 g/mol. The number of nitrogen functional groups attached to an aromatic ring is 1. The van der Waals surface area contributed by atoms with E-state index in [4.69, 9.17) is 22.0 Å². The summed E-state index contributed by atoms with van der Waals surface area (Å²) in [7, 11) is 0. The molecule has 34 heavy (non-hydrogen) atoms. The number of anilines is 1. The third-order valence-corrected chi connectivity index (χ3v) is 5.54. The van der Waals surface area contributed by atoms with Crippen molar-refractivity contribution in [2.24, 2.45) is 0 Å². The zero-order valence-electron chi connectivity index (χ0n) is 19.2. The van der Waals surface area contributed by atoms with Crippen LogP contribution in [0.3, 0.4) is 0 Å². The highest BCUT2D eigenvalue weighted by Gasteiger charge is 2.30. The lowest BCUT2D eigenvalue weighted by atomic mass is 10.1. The first kappa shape index (κ1) is 22.8. The average Bonchev–Trinajstić information content (AvgIpc) is 3.52. The summed E-state index contributed by atoms with van der Waals surface area (Å²) in [6.07, 6.45) is 7.44. The summed E-state index contributed by atoms with van der Waals surface area (Å²) in [5, 5.41) is 5.53. The Balaban J connectivity index is 0.00000133. The van der Waals surface area contributed by atoms with Gasteiger partial charge in [0, 0.05) is 18.7 Å². The molecule has 4 aromatic rings. The number of amides is 1. The predicted molar refractivity (Wildman–Crippen MR) is 132 cm³/mol. The standard InChI is InChI=1S/C24H20N6O2.C2H6/c1-2-20(31)29-13-12-17(14-29)30-24-21(23(25)26-15-27-24)22(28-30)16-8-10-19(11-9-16)32-18-6-4-3-5-7-18;1-2/h1,3-11,15,17H,12-14H2,(H2,25,26,27);1-2H3. The van der Waals surface area contributed by atoms with Gasteiger partial charge in [-0.2, -0.15) is 5.10 Å². The largest absolute Gasteiger partial charge is 0.457 e. The summed E-state index contributed by atoms with van der Waals surface area (Å²) in [4.78, 5) is 22.1. The van der Waals surface area contributed by atoms with Crippen molar-refractivity contribution >= 4 is 22.8 Å². The molecule has 1 fully saturated rings. The molecule has 5 rings (SSSR count). The molecule has 0 spiro atoms. The minimum Gasteiger partial charge on any atom is -0.457 e. The van der Waals surface area contributed by atoms with Crippen molar-refractivity contribution in [3.05, 3.63) is 60.9 Å². The Kier molecular flexibility index (Phi) is 6.74. The minimum absolute atomic E-state index is 0.0430. The molecule has 2 aromatic carbocycles. The lowest BCUT2D eigenvalue weighted by Gasteiger charge is -2.13. The van der Waals surface area contributed by atoms with E-state index in [0.29, 0.717) is 41.4 Å². The highest BCUT2D eigenvalue weighted by molar-refractivity contribution is 5.98. The van der Waals surface area contributed by atoms with Crippen LogP contribution in [0.15, 0.2) is 60.9 Å². The Morgan fingerprint density at radius 2 is 1.79 bits per heavy atom. The molecule has 8 nitrogen and oxygen atoms in total. The summed E-state index contributed by atoms with van der Waals surface area (Å²) in [5.74, 6) is 3.70. The summed E-state index contributed by atoms with van der Waals surface area (Å²) in [5.41, 5.74) is 8.40. The van der Waals surface area contributed by atoms with Crippen LogP contribution in [-0.2, 0) is 4.79 Å². The zero-order chi connectivity index (χ0) is 24.1. The van der Waals surface area contributed by atoms with Crippen LogP contribution in [0, 0.1) is 12.3 Å². The number of aromatic nitrogens is 4. The second-order valence-electron chi connectivity index (χ2n) is 7.53. The number of carbonyl (C=O) groups excluding carboxylic acids is 1. The van der Waals surface area contributed by atoms with E-state index >= 15 is 0 Å². The monoisotopic (exact) mass is 454 g/mol. The minimum atomic E-state index is -0.313. The quantitative estimate of drug-likeness (QED) is 0.462. The van der Waals surface area contributed by atoms with E-state index in [-0.39, 0.29) is 11.9 Å². The number of ether oxygens (including phenoxy) is 1. The Labute approximate surface area is 198 Å². The molecule has 1 amide bonds. The Hall–Kier alpha value is -4.38. The molecule has 0 saturated carbocycles. The van der Waals surface area contributed by atoms with E-state index in [2.05, 4.69) is 15.9 Å². The molecule has 0 aliphatic carbocycles. The molecule has 1 unspecified atom stereocenters. The zero-order valence-corrected chi connectivity index (χ0v) is 19.2. The SMILES string of the molecule is C#CC(=O)N1CCC(n2nc(-c3ccc(Oc4ccccc4)cc3)c3c(N)ncnc32)C1.CC. The number of benzene rings is 2. The van der Waals surface area contributed by atoms with Gasteiger partial charge in [0.05, 0.1) is 11.4 Å².